The van der Waals surface area contributed by atoms with E-state index >= 15 is 0 Å². The summed E-state index contributed by atoms with van der Waals surface area (Å²) in [5.41, 5.74) is 11.6. The van der Waals surface area contributed by atoms with Gasteiger partial charge in [0.25, 0.3) is 0 Å². The van der Waals surface area contributed by atoms with Crippen molar-refractivity contribution in [3.63, 3.8) is 0 Å². The zero-order valence-electron chi connectivity index (χ0n) is 12.2. The van der Waals surface area contributed by atoms with Crippen molar-refractivity contribution in [2.45, 2.75) is 58.5 Å². The highest BCUT2D eigenvalue weighted by molar-refractivity contribution is 5.60. The Balaban J connectivity index is 2.21. The molecule has 0 aromatic heterocycles. The summed E-state index contributed by atoms with van der Waals surface area (Å²) < 4.78 is 0. The molecular weight excluding hydrogens is 220 g/mol. The first-order valence-electron chi connectivity index (χ1n) is 7.05. The molecule has 2 N–H and O–H groups in total. The number of nitrogens with two attached hydrogens (primary N) is 1. The molecule has 2 rings (SSSR count). The standard InChI is InChI=1S/C16H26N2/c1-11-9-12(2)16(13(3)10-11)18(4)15-7-5-14(17)6-8-15/h9-10,14-15H,5-8,17H2,1-4H3. The third-order valence-corrected chi connectivity index (χ3v) is 4.28. The lowest BCUT2D eigenvalue weighted by molar-refractivity contribution is 0.384. The van der Waals surface area contributed by atoms with E-state index in [4.69, 9.17) is 5.73 Å². The fourth-order valence-corrected chi connectivity index (χ4v) is 3.40. The van der Waals surface area contributed by atoms with E-state index in [2.05, 4.69) is 44.9 Å². The van der Waals surface area contributed by atoms with Gasteiger partial charge in [-0.3, -0.25) is 0 Å². The van der Waals surface area contributed by atoms with Crippen molar-refractivity contribution in [1.29, 1.82) is 0 Å². The van der Waals surface area contributed by atoms with Crippen LogP contribution in [0.3, 0.4) is 0 Å². The second kappa shape index (κ2) is 5.31. The number of anilines is 1. The van der Waals surface area contributed by atoms with Crippen LogP contribution < -0.4 is 10.6 Å². The Hall–Kier alpha value is -1.02. The molecule has 0 saturated heterocycles. The van der Waals surface area contributed by atoms with E-state index in [9.17, 15) is 0 Å². The zero-order chi connectivity index (χ0) is 13.3. The van der Waals surface area contributed by atoms with Gasteiger partial charge in [-0.2, -0.15) is 0 Å². The smallest absolute Gasteiger partial charge is 0.0425 e. The summed E-state index contributed by atoms with van der Waals surface area (Å²) in [4.78, 5) is 2.48. The van der Waals surface area contributed by atoms with Gasteiger partial charge in [-0.25, -0.2) is 0 Å². The third-order valence-electron chi connectivity index (χ3n) is 4.28. The minimum absolute atomic E-state index is 0.426. The average molecular weight is 246 g/mol. The first-order chi connectivity index (χ1) is 8.49. The number of aryl methyl sites for hydroxylation is 3. The monoisotopic (exact) mass is 246 g/mol. The predicted molar refractivity (Wildman–Crippen MR) is 79.3 cm³/mol. The predicted octanol–water partition coefficient (Wildman–Crippen LogP) is 3.32. The Labute approximate surface area is 111 Å². The van der Waals surface area contributed by atoms with Crippen LogP contribution in [0.5, 0.6) is 0 Å². The van der Waals surface area contributed by atoms with Gasteiger partial charge in [0.1, 0.15) is 0 Å². The van der Waals surface area contributed by atoms with Gasteiger partial charge in [-0.1, -0.05) is 17.7 Å². The Morgan fingerprint density at radius 2 is 1.50 bits per heavy atom. The SMILES string of the molecule is Cc1cc(C)c(N(C)C2CCC(N)CC2)c(C)c1. The summed E-state index contributed by atoms with van der Waals surface area (Å²) in [7, 11) is 2.24. The lowest BCUT2D eigenvalue weighted by Crippen LogP contribution is -2.39. The molecule has 0 spiro atoms. The first kappa shape index (κ1) is 13.4. The Morgan fingerprint density at radius 1 is 1.00 bits per heavy atom. The van der Waals surface area contributed by atoms with Crippen LogP contribution in [-0.4, -0.2) is 19.1 Å². The summed E-state index contributed by atoms with van der Waals surface area (Å²) in [5, 5.41) is 0. The number of rotatable bonds is 2. The van der Waals surface area contributed by atoms with Crippen LogP contribution in [0.2, 0.25) is 0 Å². The third kappa shape index (κ3) is 2.69. The van der Waals surface area contributed by atoms with Gasteiger partial charge >= 0.3 is 0 Å². The largest absolute Gasteiger partial charge is 0.371 e. The lowest BCUT2D eigenvalue weighted by Gasteiger charge is -2.36. The van der Waals surface area contributed by atoms with Crippen molar-refractivity contribution < 1.29 is 0 Å². The lowest BCUT2D eigenvalue weighted by atomic mass is 9.90. The molecule has 18 heavy (non-hydrogen) atoms. The van der Waals surface area contributed by atoms with Gasteiger partial charge in [-0.15, -0.1) is 0 Å². The highest BCUT2D eigenvalue weighted by Crippen LogP contribution is 2.31. The molecule has 0 aliphatic heterocycles. The summed E-state index contributed by atoms with van der Waals surface area (Å²) in [6, 6.07) is 5.65. The average Bonchev–Trinajstić information content (AvgIpc) is 2.28. The van der Waals surface area contributed by atoms with Crippen molar-refractivity contribution >= 4 is 5.69 Å². The van der Waals surface area contributed by atoms with E-state index in [-0.39, 0.29) is 0 Å². The normalized spacial score (nSPS) is 24.1. The molecule has 1 saturated carbocycles. The van der Waals surface area contributed by atoms with Crippen molar-refractivity contribution in [2.24, 2.45) is 5.73 Å². The molecule has 0 bridgehead atoms. The van der Waals surface area contributed by atoms with Crippen LogP contribution in [0, 0.1) is 20.8 Å². The maximum atomic E-state index is 6.00. The molecule has 2 nitrogen and oxygen atoms in total. The fourth-order valence-electron chi connectivity index (χ4n) is 3.40. The fraction of sp³-hybridized carbons (Fsp3) is 0.625. The van der Waals surface area contributed by atoms with Gasteiger partial charge < -0.3 is 10.6 Å². The number of nitrogens with zero attached hydrogens (tertiary/aromatic N) is 1. The molecule has 1 aliphatic rings. The van der Waals surface area contributed by atoms with Gasteiger partial charge in [0.2, 0.25) is 0 Å². The van der Waals surface area contributed by atoms with Crippen LogP contribution in [0.15, 0.2) is 12.1 Å². The van der Waals surface area contributed by atoms with E-state index in [1.807, 2.05) is 0 Å². The van der Waals surface area contributed by atoms with Gasteiger partial charge in [0.05, 0.1) is 0 Å². The second-order valence-corrected chi connectivity index (χ2v) is 5.93. The van der Waals surface area contributed by atoms with Crippen molar-refractivity contribution in [3.8, 4) is 0 Å². The highest BCUT2D eigenvalue weighted by Gasteiger charge is 2.23. The van der Waals surface area contributed by atoms with E-state index in [1.54, 1.807) is 0 Å². The van der Waals surface area contributed by atoms with E-state index in [0.717, 1.165) is 0 Å². The minimum Gasteiger partial charge on any atom is -0.371 e. The first-order valence-corrected chi connectivity index (χ1v) is 7.05. The molecule has 0 unspecified atom stereocenters. The molecule has 1 aromatic carbocycles. The number of hydrogen-bond donors (Lipinski definition) is 1. The summed E-state index contributed by atoms with van der Waals surface area (Å²) in [6.45, 7) is 6.62. The maximum absolute atomic E-state index is 6.00. The van der Waals surface area contributed by atoms with Crippen molar-refractivity contribution in [3.05, 3.63) is 28.8 Å². The highest BCUT2D eigenvalue weighted by atomic mass is 15.1. The van der Waals surface area contributed by atoms with Gasteiger partial charge in [0, 0.05) is 24.8 Å². The molecule has 2 heteroatoms. The molecule has 1 aliphatic carbocycles. The van der Waals surface area contributed by atoms with E-state index < -0.39 is 0 Å². The quantitative estimate of drug-likeness (QED) is 0.867. The topological polar surface area (TPSA) is 29.3 Å². The van der Waals surface area contributed by atoms with Crippen LogP contribution >= 0.6 is 0 Å². The number of benzene rings is 1. The van der Waals surface area contributed by atoms with Crippen LogP contribution in [0.25, 0.3) is 0 Å². The molecule has 0 heterocycles. The zero-order valence-corrected chi connectivity index (χ0v) is 12.2. The van der Waals surface area contributed by atoms with E-state index in [0.29, 0.717) is 12.1 Å². The van der Waals surface area contributed by atoms with Gasteiger partial charge in [0.15, 0.2) is 0 Å². The summed E-state index contributed by atoms with van der Waals surface area (Å²) in [5.74, 6) is 0. The molecule has 0 radical (unpaired) electrons. The Morgan fingerprint density at radius 3 is 2.00 bits per heavy atom. The maximum Gasteiger partial charge on any atom is 0.0425 e. The van der Waals surface area contributed by atoms with Crippen LogP contribution in [-0.2, 0) is 0 Å². The molecular formula is C16H26N2. The van der Waals surface area contributed by atoms with Crippen molar-refractivity contribution in [2.75, 3.05) is 11.9 Å². The molecule has 1 aromatic rings. The van der Waals surface area contributed by atoms with Gasteiger partial charge in [-0.05, 0) is 57.6 Å². The van der Waals surface area contributed by atoms with Crippen molar-refractivity contribution in [1.82, 2.24) is 0 Å². The Bertz CT molecular complexity index is 394. The number of hydrogen-bond acceptors (Lipinski definition) is 2. The molecule has 0 amide bonds. The molecule has 0 atom stereocenters. The minimum atomic E-state index is 0.426. The summed E-state index contributed by atoms with van der Waals surface area (Å²) in [6.07, 6.45) is 4.78. The van der Waals surface area contributed by atoms with E-state index in [1.165, 1.54) is 48.1 Å². The molecule has 100 valence electrons. The second-order valence-electron chi connectivity index (χ2n) is 5.93. The van der Waals surface area contributed by atoms with Crippen LogP contribution in [0.1, 0.15) is 42.4 Å². The molecule has 1 fully saturated rings. The summed E-state index contributed by atoms with van der Waals surface area (Å²) >= 11 is 0. The van der Waals surface area contributed by atoms with Crippen LogP contribution in [0.4, 0.5) is 5.69 Å². The Kier molecular flexibility index (Phi) is 3.96.